The van der Waals surface area contributed by atoms with Crippen LogP contribution in [0.3, 0.4) is 0 Å². The first-order chi connectivity index (χ1) is 10.5. The van der Waals surface area contributed by atoms with E-state index in [0.29, 0.717) is 22.0 Å². The van der Waals surface area contributed by atoms with Gasteiger partial charge in [-0.1, -0.05) is 29.3 Å². The van der Waals surface area contributed by atoms with Crippen LogP contribution in [0.1, 0.15) is 15.9 Å². The quantitative estimate of drug-likeness (QED) is 0.810. The van der Waals surface area contributed by atoms with Crippen molar-refractivity contribution in [1.29, 1.82) is 0 Å². The smallest absolute Gasteiger partial charge is 0.255 e. The zero-order valence-corrected chi connectivity index (χ0v) is 12.8. The summed E-state index contributed by atoms with van der Waals surface area (Å²) in [6.45, 7) is 1.77. The van der Waals surface area contributed by atoms with Crippen LogP contribution in [0.2, 0.25) is 5.02 Å². The molecule has 0 fully saturated rings. The zero-order valence-electron chi connectivity index (χ0n) is 12.0. The van der Waals surface area contributed by atoms with E-state index in [1.54, 1.807) is 30.3 Å². The molecule has 0 aliphatic rings. The molecule has 0 aliphatic carbocycles. The van der Waals surface area contributed by atoms with Crippen LogP contribution in [-0.4, -0.2) is 18.4 Å². The van der Waals surface area contributed by atoms with E-state index in [1.807, 2.05) is 19.1 Å². The van der Waals surface area contributed by atoms with E-state index in [4.69, 9.17) is 17.3 Å². The predicted octanol–water partition coefficient (Wildman–Crippen LogP) is 2.80. The number of hydrogen-bond donors (Lipinski definition) is 3. The van der Waals surface area contributed by atoms with Crippen LogP contribution in [0.25, 0.3) is 0 Å². The molecule has 6 heteroatoms. The third kappa shape index (κ3) is 4.07. The number of amides is 2. The Morgan fingerprint density at radius 2 is 1.91 bits per heavy atom. The first-order valence-electron chi connectivity index (χ1n) is 6.67. The third-order valence-corrected chi connectivity index (χ3v) is 3.29. The molecular weight excluding hydrogens is 302 g/mol. The number of aryl methyl sites for hydroxylation is 1. The van der Waals surface area contributed by atoms with Crippen molar-refractivity contribution in [2.45, 2.75) is 6.92 Å². The summed E-state index contributed by atoms with van der Waals surface area (Å²) in [4.78, 5) is 23.5. The van der Waals surface area contributed by atoms with Gasteiger partial charge >= 0.3 is 0 Å². The first-order valence-corrected chi connectivity index (χ1v) is 7.05. The largest absolute Gasteiger partial charge is 0.324 e. The van der Waals surface area contributed by atoms with Gasteiger partial charge in [0.05, 0.1) is 17.3 Å². The molecule has 0 heterocycles. The summed E-state index contributed by atoms with van der Waals surface area (Å²) < 4.78 is 0. The van der Waals surface area contributed by atoms with E-state index >= 15 is 0 Å². The molecule has 4 N–H and O–H groups in total. The summed E-state index contributed by atoms with van der Waals surface area (Å²) >= 11 is 6.00. The van der Waals surface area contributed by atoms with E-state index in [9.17, 15) is 9.59 Å². The maximum Gasteiger partial charge on any atom is 0.255 e. The van der Waals surface area contributed by atoms with E-state index in [0.717, 1.165) is 5.56 Å². The highest BCUT2D eigenvalue weighted by Crippen LogP contribution is 2.25. The Morgan fingerprint density at radius 1 is 1.14 bits per heavy atom. The van der Waals surface area contributed by atoms with Crippen molar-refractivity contribution < 1.29 is 9.59 Å². The predicted molar refractivity (Wildman–Crippen MR) is 88.3 cm³/mol. The Labute approximate surface area is 133 Å². The summed E-state index contributed by atoms with van der Waals surface area (Å²) in [5.74, 6) is -0.591. The normalized spacial score (nSPS) is 10.1. The topological polar surface area (TPSA) is 84.2 Å². The van der Waals surface area contributed by atoms with Crippen LogP contribution in [0.5, 0.6) is 0 Å². The van der Waals surface area contributed by atoms with Crippen LogP contribution in [0.4, 0.5) is 11.4 Å². The Hall–Kier alpha value is -2.37. The average Bonchev–Trinajstić information content (AvgIpc) is 2.50. The second-order valence-corrected chi connectivity index (χ2v) is 5.18. The van der Waals surface area contributed by atoms with E-state index in [1.165, 1.54) is 0 Å². The van der Waals surface area contributed by atoms with Crippen molar-refractivity contribution in [2.75, 3.05) is 17.2 Å². The Morgan fingerprint density at radius 3 is 2.59 bits per heavy atom. The van der Waals surface area contributed by atoms with Gasteiger partial charge in [-0.3, -0.25) is 9.59 Å². The molecule has 2 aromatic carbocycles. The zero-order chi connectivity index (χ0) is 16.1. The molecule has 0 saturated heterocycles. The molecule has 2 aromatic rings. The lowest BCUT2D eigenvalue weighted by molar-refractivity contribution is -0.114. The molecule has 0 radical (unpaired) electrons. The summed E-state index contributed by atoms with van der Waals surface area (Å²) in [7, 11) is 0. The first kappa shape index (κ1) is 16.0. The fraction of sp³-hybridized carbons (Fsp3) is 0.125. The molecule has 0 aliphatic heterocycles. The lowest BCUT2D eigenvalue weighted by Gasteiger charge is -2.10. The number of benzene rings is 2. The van der Waals surface area contributed by atoms with Gasteiger partial charge in [-0.25, -0.2) is 0 Å². The Balaban J connectivity index is 2.17. The minimum Gasteiger partial charge on any atom is -0.324 e. The summed E-state index contributed by atoms with van der Waals surface area (Å²) in [6.07, 6.45) is 0. The van der Waals surface area contributed by atoms with Gasteiger partial charge in [-0.15, -0.1) is 0 Å². The number of hydrogen-bond acceptors (Lipinski definition) is 3. The molecule has 0 saturated carbocycles. The number of anilines is 2. The average molecular weight is 318 g/mol. The molecular formula is C16H16ClN3O2. The van der Waals surface area contributed by atoms with Gasteiger partial charge in [0.15, 0.2) is 0 Å². The number of nitrogens with one attached hydrogen (secondary N) is 2. The number of rotatable bonds is 4. The van der Waals surface area contributed by atoms with Crippen molar-refractivity contribution in [3.8, 4) is 0 Å². The van der Waals surface area contributed by atoms with Crippen LogP contribution < -0.4 is 16.4 Å². The third-order valence-electron chi connectivity index (χ3n) is 2.96. The molecule has 2 rings (SSSR count). The highest BCUT2D eigenvalue weighted by Gasteiger charge is 2.09. The van der Waals surface area contributed by atoms with Crippen molar-refractivity contribution in [1.82, 2.24) is 0 Å². The van der Waals surface area contributed by atoms with Crippen LogP contribution in [0, 0.1) is 6.92 Å². The second kappa shape index (κ2) is 7.06. The lowest BCUT2D eigenvalue weighted by atomic mass is 10.1. The number of carbonyl (C=O) groups is 2. The Kier molecular flexibility index (Phi) is 5.14. The number of nitrogens with two attached hydrogens (primary N) is 1. The minimum absolute atomic E-state index is 0.143. The second-order valence-electron chi connectivity index (χ2n) is 4.77. The monoisotopic (exact) mass is 317 g/mol. The van der Waals surface area contributed by atoms with Gasteiger partial charge in [0.2, 0.25) is 5.91 Å². The SMILES string of the molecule is Cc1cccc(C(=O)Nc2ccc(Cl)c(NC(=O)CN)c2)c1. The molecule has 0 spiro atoms. The molecule has 114 valence electrons. The standard InChI is InChI=1S/C16H16ClN3O2/c1-10-3-2-4-11(7-10)16(22)19-12-5-6-13(17)14(8-12)20-15(21)9-18/h2-8H,9,18H2,1H3,(H,19,22)(H,20,21). The maximum absolute atomic E-state index is 12.2. The van der Waals surface area contributed by atoms with Crippen LogP contribution >= 0.6 is 11.6 Å². The molecule has 0 atom stereocenters. The van der Waals surface area contributed by atoms with Crippen molar-refractivity contribution in [2.24, 2.45) is 5.73 Å². The van der Waals surface area contributed by atoms with Crippen molar-refractivity contribution in [3.63, 3.8) is 0 Å². The van der Waals surface area contributed by atoms with Gasteiger partial charge in [-0.2, -0.15) is 0 Å². The number of halogens is 1. The van der Waals surface area contributed by atoms with Gasteiger partial charge in [0.25, 0.3) is 5.91 Å². The number of carbonyl (C=O) groups excluding carboxylic acids is 2. The van der Waals surface area contributed by atoms with E-state index < -0.39 is 0 Å². The van der Waals surface area contributed by atoms with Gasteiger partial charge in [0.1, 0.15) is 0 Å². The van der Waals surface area contributed by atoms with Crippen molar-refractivity contribution >= 4 is 34.8 Å². The van der Waals surface area contributed by atoms with Crippen molar-refractivity contribution in [3.05, 3.63) is 58.6 Å². The minimum atomic E-state index is -0.357. The van der Waals surface area contributed by atoms with Gasteiger partial charge < -0.3 is 16.4 Å². The van der Waals surface area contributed by atoms with Gasteiger partial charge in [0, 0.05) is 11.3 Å². The summed E-state index contributed by atoms with van der Waals surface area (Å²) in [5, 5.41) is 5.71. The Bertz CT molecular complexity index is 716. The summed E-state index contributed by atoms with van der Waals surface area (Å²) in [6, 6.07) is 12.1. The molecule has 0 aromatic heterocycles. The van der Waals surface area contributed by atoms with Crippen LogP contribution in [0.15, 0.2) is 42.5 Å². The molecule has 0 bridgehead atoms. The molecule has 0 unspecified atom stereocenters. The van der Waals surface area contributed by atoms with E-state index in [2.05, 4.69) is 10.6 Å². The molecule has 2 amide bonds. The van der Waals surface area contributed by atoms with E-state index in [-0.39, 0.29) is 18.4 Å². The molecule has 22 heavy (non-hydrogen) atoms. The fourth-order valence-electron chi connectivity index (χ4n) is 1.89. The highest BCUT2D eigenvalue weighted by atomic mass is 35.5. The maximum atomic E-state index is 12.2. The fourth-order valence-corrected chi connectivity index (χ4v) is 2.05. The lowest BCUT2D eigenvalue weighted by Crippen LogP contribution is -2.22. The van der Waals surface area contributed by atoms with Gasteiger partial charge in [-0.05, 0) is 37.3 Å². The van der Waals surface area contributed by atoms with Crippen LogP contribution in [-0.2, 0) is 4.79 Å². The molecule has 5 nitrogen and oxygen atoms in total. The summed E-state index contributed by atoms with van der Waals surface area (Å²) in [5.41, 5.74) is 7.74. The highest BCUT2D eigenvalue weighted by molar-refractivity contribution is 6.33.